The Morgan fingerprint density at radius 1 is 1.42 bits per heavy atom. The maximum Gasteiger partial charge on any atom is 0.255 e. The molecule has 1 amide bonds. The summed E-state index contributed by atoms with van der Waals surface area (Å²) in [5.41, 5.74) is 2.43. The topological polar surface area (TPSA) is 62.7 Å². The third kappa shape index (κ3) is 3.14. The van der Waals surface area contributed by atoms with Crippen LogP contribution in [0.5, 0.6) is 0 Å². The van der Waals surface area contributed by atoms with Crippen molar-refractivity contribution in [3.05, 3.63) is 41.6 Å². The first-order chi connectivity index (χ1) is 11.5. The molecule has 1 saturated heterocycles. The minimum Gasteiger partial charge on any atom is -0.394 e. The van der Waals surface area contributed by atoms with Crippen LogP contribution in [0.3, 0.4) is 0 Å². The number of aliphatic hydroxyl groups is 1. The molecule has 24 heavy (non-hydrogen) atoms. The zero-order valence-corrected chi connectivity index (χ0v) is 14.4. The molecule has 1 aromatic carbocycles. The summed E-state index contributed by atoms with van der Waals surface area (Å²) in [5, 5.41) is 10.2. The molecule has 3 rings (SSSR count). The van der Waals surface area contributed by atoms with Crippen LogP contribution in [0.15, 0.2) is 30.3 Å². The fourth-order valence-corrected chi connectivity index (χ4v) is 3.03. The van der Waals surface area contributed by atoms with E-state index >= 15 is 0 Å². The fraction of sp³-hybridized carbons (Fsp3) is 0.474. The van der Waals surface area contributed by atoms with Crippen molar-refractivity contribution >= 4 is 16.8 Å². The molecule has 1 N–H and O–H groups in total. The number of morpholine rings is 1. The summed E-state index contributed by atoms with van der Waals surface area (Å²) in [5.74, 6) is 0.221. The number of carbonyl (C=O) groups excluding carboxylic acids is 1. The van der Waals surface area contributed by atoms with Crippen LogP contribution in [0, 0.1) is 0 Å². The normalized spacial score (nSPS) is 21.5. The van der Waals surface area contributed by atoms with Crippen molar-refractivity contribution in [2.24, 2.45) is 0 Å². The summed E-state index contributed by atoms with van der Waals surface area (Å²) in [6.45, 7) is 6.89. The third-order valence-electron chi connectivity index (χ3n) is 4.53. The molecule has 128 valence electrons. The molecule has 1 aromatic heterocycles. The second kappa shape index (κ2) is 6.87. The average molecular weight is 328 g/mol. The Hall–Kier alpha value is -1.98. The van der Waals surface area contributed by atoms with Gasteiger partial charge in [0, 0.05) is 17.6 Å². The van der Waals surface area contributed by atoms with Crippen molar-refractivity contribution in [2.45, 2.75) is 38.8 Å². The van der Waals surface area contributed by atoms with Gasteiger partial charge in [-0.3, -0.25) is 9.78 Å². The van der Waals surface area contributed by atoms with Crippen LogP contribution in [-0.4, -0.2) is 52.8 Å². The van der Waals surface area contributed by atoms with Crippen LogP contribution in [0.25, 0.3) is 10.9 Å². The summed E-state index contributed by atoms with van der Waals surface area (Å²) >= 11 is 0. The lowest BCUT2D eigenvalue weighted by molar-refractivity contribution is -0.0667. The smallest absolute Gasteiger partial charge is 0.255 e. The first kappa shape index (κ1) is 16.9. The monoisotopic (exact) mass is 328 g/mol. The lowest BCUT2D eigenvalue weighted by Gasteiger charge is -2.37. The van der Waals surface area contributed by atoms with Crippen molar-refractivity contribution in [2.75, 3.05) is 19.8 Å². The van der Waals surface area contributed by atoms with E-state index < -0.39 is 0 Å². The Balaban J connectivity index is 2.05. The number of pyridine rings is 1. The number of rotatable bonds is 3. The van der Waals surface area contributed by atoms with Gasteiger partial charge in [0.05, 0.1) is 36.4 Å². The molecular formula is C19H24N2O3. The highest BCUT2D eigenvalue weighted by Gasteiger charge is 2.31. The molecule has 2 atom stereocenters. The molecule has 2 heterocycles. The quantitative estimate of drug-likeness (QED) is 0.941. The first-order valence-electron chi connectivity index (χ1n) is 8.44. The van der Waals surface area contributed by atoms with E-state index in [4.69, 9.17) is 4.74 Å². The molecule has 0 radical (unpaired) electrons. The van der Waals surface area contributed by atoms with Crippen molar-refractivity contribution in [1.82, 2.24) is 9.88 Å². The lowest BCUT2D eigenvalue weighted by atomic mass is 10.0. The van der Waals surface area contributed by atoms with Crippen molar-refractivity contribution in [3.8, 4) is 0 Å². The van der Waals surface area contributed by atoms with Gasteiger partial charge in [0.2, 0.25) is 0 Å². The molecule has 1 fully saturated rings. The Labute approximate surface area is 142 Å². The lowest BCUT2D eigenvalue weighted by Crippen LogP contribution is -2.52. The zero-order chi connectivity index (χ0) is 17.3. The van der Waals surface area contributed by atoms with Crippen LogP contribution in [0.1, 0.15) is 42.7 Å². The predicted molar refractivity (Wildman–Crippen MR) is 93.2 cm³/mol. The summed E-state index contributed by atoms with van der Waals surface area (Å²) in [7, 11) is 0. The number of ether oxygens (including phenoxy) is 1. The van der Waals surface area contributed by atoms with Gasteiger partial charge in [0.25, 0.3) is 5.91 Å². The third-order valence-corrected chi connectivity index (χ3v) is 4.53. The zero-order valence-electron chi connectivity index (χ0n) is 14.4. The molecule has 5 heteroatoms. The highest BCUT2D eigenvalue weighted by Crippen LogP contribution is 2.25. The number of nitrogens with zero attached hydrogens (tertiary/aromatic N) is 2. The molecular weight excluding hydrogens is 304 g/mol. The van der Waals surface area contributed by atoms with Crippen LogP contribution in [0.4, 0.5) is 0 Å². The van der Waals surface area contributed by atoms with Crippen LogP contribution >= 0.6 is 0 Å². The van der Waals surface area contributed by atoms with Gasteiger partial charge in [0.15, 0.2) is 0 Å². The number of para-hydroxylation sites is 1. The van der Waals surface area contributed by atoms with Gasteiger partial charge >= 0.3 is 0 Å². The molecule has 2 unspecified atom stereocenters. The van der Waals surface area contributed by atoms with Gasteiger partial charge in [-0.15, -0.1) is 0 Å². The second-order valence-electron chi connectivity index (χ2n) is 6.71. The first-order valence-corrected chi connectivity index (χ1v) is 8.44. The van der Waals surface area contributed by atoms with Gasteiger partial charge < -0.3 is 14.7 Å². The number of aliphatic hydroxyl groups excluding tert-OH is 1. The maximum absolute atomic E-state index is 13.2. The number of hydrogen-bond donors (Lipinski definition) is 1. The Morgan fingerprint density at radius 2 is 2.17 bits per heavy atom. The largest absolute Gasteiger partial charge is 0.394 e. The van der Waals surface area contributed by atoms with E-state index in [1.54, 1.807) is 4.90 Å². The van der Waals surface area contributed by atoms with E-state index in [0.29, 0.717) is 18.7 Å². The van der Waals surface area contributed by atoms with Crippen LogP contribution in [0.2, 0.25) is 0 Å². The molecule has 1 aliphatic rings. The molecule has 0 saturated carbocycles. The highest BCUT2D eigenvalue weighted by molar-refractivity contribution is 6.06. The average Bonchev–Trinajstić information content (AvgIpc) is 2.60. The van der Waals surface area contributed by atoms with Crippen LogP contribution in [-0.2, 0) is 4.74 Å². The Bertz CT molecular complexity index is 744. The van der Waals surface area contributed by atoms with E-state index in [1.807, 2.05) is 37.3 Å². The second-order valence-corrected chi connectivity index (χ2v) is 6.71. The fourth-order valence-electron chi connectivity index (χ4n) is 3.03. The molecule has 2 aromatic rings. The molecule has 0 aliphatic carbocycles. The number of aromatic nitrogens is 1. The molecule has 0 spiro atoms. The van der Waals surface area contributed by atoms with Crippen molar-refractivity contribution in [3.63, 3.8) is 0 Å². The highest BCUT2D eigenvalue weighted by atomic mass is 16.5. The molecule has 5 nitrogen and oxygen atoms in total. The summed E-state index contributed by atoms with van der Waals surface area (Å²) in [4.78, 5) is 19.7. The minimum atomic E-state index is -0.317. The number of benzene rings is 1. The van der Waals surface area contributed by atoms with Crippen LogP contribution < -0.4 is 0 Å². The minimum absolute atomic E-state index is 0.0188. The molecule has 0 bridgehead atoms. The maximum atomic E-state index is 13.2. The van der Waals surface area contributed by atoms with E-state index in [0.717, 1.165) is 16.6 Å². The Kier molecular flexibility index (Phi) is 4.83. The number of amides is 1. The number of hydrogen-bond acceptors (Lipinski definition) is 4. The summed E-state index contributed by atoms with van der Waals surface area (Å²) in [6, 6.07) is 9.63. The molecule has 1 aliphatic heterocycles. The Morgan fingerprint density at radius 3 is 2.88 bits per heavy atom. The van der Waals surface area contributed by atoms with E-state index in [1.165, 1.54) is 0 Å². The van der Waals surface area contributed by atoms with Crippen molar-refractivity contribution < 1.29 is 14.6 Å². The van der Waals surface area contributed by atoms with Gasteiger partial charge in [-0.25, -0.2) is 0 Å². The van der Waals surface area contributed by atoms with Gasteiger partial charge in [-0.05, 0) is 25.0 Å². The SMILES string of the molecule is CC(C)c1cc(C(=O)N2CC(CO)OCC2C)c2ccccc2n1. The number of carbonyl (C=O) groups is 1. The summed E-state index contributed by atoms with van der Waals surface area (Å²) in [6.07, 6.45) is -0.317. The van der Waals surface area contributed by atoms with E-state index in [-0.39, 0.29) is 30.6 Å². The summed E-state index contributed by atoms with van der Waals surface area (Å²) < 4.78 is 5.55. The van der Waals surface area contributed by atoms with Crippen molar-refractivity contribution in [1.29, 1.82) is 0 Å². The number of fused-ring (bicyclic) bond motifs is 1. The predicted octanol–water partition coefficient (Wildman–Crippen LogP) is 2.58. The standard InChI is InChI=1S/C19H24N2O3/c1-12(2)18-8-16(15-6-4-5-7-17(15)20-18)19(23)21-9-14(10-22)24-11-13(21)3/h4-8,12-14,22H,9-11H2,1-3H3. The van der Waals surface area contributed by atoms with Gasteiger partial charge in [-0.1, -0.05) is 32.0 Å². The van der Waals surface area contributed by atoms with E-state index in [2.05, 4.69) is 18.8 Å². The van der Waals surface area contributed by atoms with Gasteiger partial charge in [-0.2, -0.15) is 0 Å². The van der Waals surface area contributed by atoms with E-state index in [9.17, 15) is 9.90 Å². The van der Waals surface area contributed by atoms with Gasteiger partial charge in [0.1, 0.15) is 0 Å².